The number of aromatic nitrogens is 2. The molecule has 0 aliphatic heterocycles. The van der Waals surface area contributed by atoms with Crippen molar-refractivity contribution in [1.29, 1.82) is 5.26 Å². The summed E-state index contributed by atoms with van der Waals surface area (Å²) in [5.74, 6) is -0.0181. The Morgan fingerprint density at radius 3 is 2.56 bits per heavy atom. The fraction of sp³-hybridized carbons (Fsp3) is 0.250. The zero-order chi connectivity index (χ0) is 18.0. The molecule has 2 aromatic carbocycles. The van der Waals surface area contributed by atoms with Crippen LogP contribution in [-0.2, 0) is 12.0 Å². The maximum atomic E-state index is 12.2. The van der Waals surface area contributed by atoms with Crippen molar-refractivity contribution in [3.05, 3.63) is 75.8 Å². The van der Waals surface area contributed by atoms with Gasteiger partial charge >= 0.3 is 5.76 Å². The van der Waals surface area contributed by atoms with Crippen molar-refractivity contribution in [2.45, 2.75) is 32.7 Å². The van der Waals surface area contributed by atoms with Crippen LogP contribution in [0.15, 0.2) is 57.8 Å². The summed E-state index contributed by atoms with van der Waals surface area (Å²) in [5, 5.41) is 13.4. The molecule has 0 N–H and O–H groups in total. The minimum absolute atomic E-state index is 0.299. The third-order valence-electron chi connectivity index (χ3n) is 4.37. The molecule has 0 bridgehead atoms. The number of rotatable bonds is 4. The van der Waals surface area contributed by atoms with Crippen molar-refractivity contribution >= 4 is 0 Å². The van der Waals surface area contributed by atoms with Crippen molar-refractivity contribution in [1.82, 2.24) is 9.72 Å². The summed E-state index contributed by atoms with van der Waals surface area (Å²) in [6.45, 7) is 5.99. The third kappa shape index (κ3) is 3.11. The van der Waals surface area contributed by atoms with Gasteiger partial charge in [0.15, 0.2) is 5.82 Å². The number of aryl methyl sites for hydroxylation is 1. The molecule has 0 amide bonds. The second-order valence-electron chi connectivity index (χ2n) is 6.57. The van der Waals surface area contributed by atoms with E-state index in [-0.39, 0.29) is 0 Å². The number of hydrogen-bond acceptors (Lipinski definition) is 4. The normalized spacial score (nSPS) is 11.3. The molecule has 0 atom stereocenters. The Kier molecular flexibility index (Phi) is 4.28. The van der Waals surface area contributed by atoms with Gasteiger partial charge in [0.1, 0.15) is 0 Å². The second-order valence-corrected chi connectivity index (χ2v) is 6.57. The third-order valence-corrected chi connectivity index (χ3v) is 4.37. The topological polar surface area (TPSA) is 71.8 Å². The van der Waals surface area contributed by atoms with Crippen LogP contribution in [0.5, 0.6) is 0 Å². The summed E-state index contributed by atoms with van der Waals surface area (Å²) in [6, 6.07) is 17.7. The van der Waals surface area contributed by atoms with Gasteiger partial charge in [-0.15, -0.1) is 0 Å². The van der Waals surface area contributed by atoms with Gasteiger partial charge in [-0.2, -0.15) is 5.26 Å². The Labute approximate surface area is 146 Å². The maximum absolute atomic E-state index is 12.2. The molecule has 0 aliphatic carbocycles. The van der Waals surface area contributed by atoms with Gasteiger partial charge < -0.3 is 0 Å². The van der Waals surface area contributed by atoms with Gasteiger partial charge in [-0.05, 0) is 37.5 Å². The van der Waals surface area contributed by atoms with E-state index >= 15 is 0 Å². The minimum atomic E-state index is -0.653. The molecule has 0 aliphatic rings. The summed E-state index contributed by atoms with van der Waals surface area (Å²) in [6.07, 6.45) is 0. The average molecular weight is 333 g/mol. The first-order valence-electron chi connectivity index (χ1n) is 8.06. The zero-order valence-corrected chi connectivity index (χ0v) is 14.5. The maximum Gasteiger partial charge on any atom is 0.442 e. The van der Waals surface area contributed by atoms with Crippen molar-refractivity contribution < 1.29 is 4.52 Å². The number of benzene rings is 2. The van der Waals surface area contributed by atoms with Crippen LogP contribution >= 0.6 is 0 Å². The van der Waals surface area contributed by atoms with Gasteiger partial charge in [0.25, 0.3) is 0 Å². The fourth-order valence-electron chi connectivity index (χ4n) is 2.92. The first-order chi connectivity index (χ1) is 11.9. The molecule has 5 nitrogen and oxygen atoms in total. The van der Waals surface area contributed by atoms with Gasteiger partial charge in [-0.3, -0.25) is 9.09 Å². The van der Waals surface area contributed by atoms with E-state index in [0.29, 0.717) is 12.4 Å². The van der Waals surface area contributed by atoms with E-state index in [4.69, 9.17) is 4.52 Å². The summed E-state index contributed by atoms with van der Waals surface area (Å²) in [4.78, 5) is 12.2. The standard InChI is InChI=1S/C20H19N3O2/c1-14-8-4-6-10-16(14)18-22-25-19(24)23(18)12-15-9-5-7-11-17(15)20(2,3)13-21/h4-11H,12H2,1-3H3. The highest BCUT2D eigenvalue weighted by molar-refractivity contribution is 5.59. The quantitative estimate of drug-likeness (QED) is 0.730. The molecule has 0 spiro atoms. The second kappa shape index (κ2) is 6.40. The fourth-order valence-corrected chi connectivity index (χ4v) is 2.92. The smallest absolute Gasteiger partial charge is 0.295 e. The van der Waals surface area contributed by atoms with Crippen molar-refractivity contribution in [3.63, 3.8) is 0 Å². The van der Waals surface area contributed by atoms with Crippen LogP contribution in [0, 0.1) is 18.3 Å². The summed E-state index contributed by atoms with van der Waals surface area (Å²) in [5.41, 5.74) is 3.00. The van der Waals surface area contributed by atoms with Gasteiger partial charge in [-0.25, -0.2) is 4.79 Å². The van der Waals surface area contributed by atoms with E-state index in [1.54, 1.807) is 0 Å². The largest absolute Gasteiger partial charge is 0.442 e. The average Bonchev–Trinajstić information content (AvgIpc) is 2.96. The number of nitriles is 1. The summed E-state index contributed by atoms with van der Waals surface area (Å²) in [7, 11) is 0. The molecule has 1 heterocycles. The first kappa shape index (κ1) is 16.7. The molecule has 1 aromatic heterocycles. The predicted molar refractivity (Wildman–Crippen MR) is 95.1 cm³/mol. The number of hydrogen-bond donors (Lipinski definition) is 0. The lowest BCUT2D eigenvalue weighted by molar-refractivity contribution is 0.378. The summed E-state index contributed by atoms with van der Waals surface area (Å²) < 4.78 is 6.43. The highest BCUT2D eigenvalue weighted by atomic mass is 16.5. The minimum Gasteiger partial charge on any atom is -0.295 e. The molecule has 0 fully saturated rings. The van der Waals surface area contributed by atoms with Crippen LogP contribution < -0.4 is 5.76 Å². The highest BCUT2D eigenvalue weighted by Gasteiger charge is 2.24. The van der Waals surface area contributed by atoms with Crippen LogP contribution in [0.4, 0.5) is 0 Å². The molecule has 3 aromatic rings. The van der Waals surface area contributed by atoms with Crippen LogP contribution in [0.2, 0.25) is 0 Å². The molecule has 3 rings (SSSR count). The van der Waals surface area contributed by atoms with E-state index in [9.17, 15) is 10.1 Å². The molecule has 0 saturated carbocycles. The molecule has 25 heavy (non-hydrogen) atoms. The van der Waals surface area contributed by atoms with Crippen LogP contribution in [0.25, 0.3) is 11.4 Å². The molecule has 0 unspecified atom stereocenters. The van der Waals surface area contributed by atoms with E-state index in [2.05, 4.69) is 11.2 Å². The Bertz CT molecular complexity index is 1010. The van der Waals surface area contributed by atoms with Crippen molar-refractivity contribution in [2.75, 3.05) is 0 Å². The molecule has 126 valence electrons. The van der Waals surface area contributed by atoms with Gasteiger partial charge in [0.2, 0.25) is 0 Å². The molecule has 5 heteroatoms. The SMILES string of the molecule is Cc1ccccc1-c1noc(=O)n1Cc1ccccc1C(C)(C)C#N. The molecular weight excluding hydrogens is 314 g/mol. The van der Waals surface area contributed by atoms with E-state index in [1.165, 1.54) is 4.57 Å². The van der Waals surface area contributed by atoms with Crippen LogP contribution in [0.1, 0.15) is 30.5 Å². The monoisotopic (exact) mass is 333 g/mol. The number of nitrogens with zero attached hydrogens (tertiary/aromatic N) is 3. The molecule has 0 saturated heterocycles. The Hall–Kier alpha value is -3.13. The lowest BCUT2D eigenvalue weighted by atomic mass is 9.83. The molecule has 0 radical (unpaired) electrons. The Balaban J connectivity index is 2.11. The van der Waals surface area contributed by atoms with Crippen molar-refractivity contribution in [2.24, 2.45) is 0 Å². The summed E-state index contributed by atoms with van der Waals surface area (Å²) >= 11 is 0. The Morgan fingerprint density at radius 2 is 1.84 bits per heavy atom. The first-order valence-corrected chi connectivity index (χ1v) is 8.06. The van der Waals surface area contributed by atoms with E-state index in [1.807, 2.05) is 69.3 Å². The van der Waals surface area contributed by atoms with Gasteiger partial charge in [0, 0.05) is 5.56 Å². The van der Waals surface area contributed by atoms with E-state index in [0.717, 1.165) is 22.3 Å². The highest BCUT2D eigenvalue weighted by Crippen LogP contribution is 2.27. The lowest BCUT2D eigenvalue weighted by Crippen LogP contribution is -2.21. The molecular formula is C20H19N3O2. The Morgan fingerprint density at radius 1 is 1.16 bits per heavy atom. The van der Waals surface area contributed by atoms with Crippen molar-refractivity contribution in [3.8, 4) is 17.5 Å². The van der Waals surface area contributed by atoms with Gasteiger partial charge in [-0.1, -0.05) is 53.7 Å². The lowest BCUT2D eigenvalue weighted by Gasteiger charge is -2.20. The zero-order valence-electron chi connectivity index (χ0n) is 14.5. The van der Waals surface area contributed by atoms with Crippen LogP contribution in [0.3, 0.4) is 0 Å². The van der Waals surface area contributed by atoms with E-state index < -0.39 is 11.2 Å². The van der Waals surface area contributed by atoms with Crippen LogP contribution in [-0.4, -0.2) is 9.72 Å². The predicted octanol–water partition coefficient (Wildman–Crippen LogP) is 3.66. The van der Waals surface area contributed by atoms with Gasteiger partial charge in [0.05, 0.1) is 18.0 Å².